The molecule has 0 aromatic heterocycles. The van der Waals surface area contributed by atoms with E-state index in [-0.39, 0.29) is 0 Å². The van der Waals surface area contributed by atoms with E-state index in [2.05, 4.69) is 39.5 Å². The lowest BCUT2D eigenvalue weighted by Crippen LogP contribution is -2.37. The zero-order chi connectivity index (χ0) is 10.1. The molecule has 0 amide bonds. The van der Waals surface area contributed by atoms with Crippen LogP contribution >= 0.6 is 0 Å². The van der Waals surface area contributed by atoms with Gasteiger partial charge in [0.2, 0.25) is 0 Å². The van der Waals surface area contributed by atoms with Crippen LogP contribution in [-0.4, -0.2) is 23.5 Å². The molecule has 0 spiro atoms. The maximum atomic E-state index is 2.51. The standard InChI is InChI=1S/C9H21N.C2H6/c1-6-9(5)10(7-2)8(3)4;1-2/h8-9H,6-7H2,1-5H3;1-2H3/t9-;/m1./s1. The van der Waals surface area contributed by atoms with Gasteiger partial charge in [-0.2, -0.15) is 0 Å². The highest BCUT2D eigenvalue weighted by Gasteiger charge is 2.11. The second-order valence-corrected chi connectivity index (χ2v) is 3.18. The van der Waals surface area contributed by atoms with Crippen molar-refractivity contribution in [3.63, 3.8) is 0 Å². The predicted molar refractivity (Wildman–Crippen MR) is 58.6 cm³/mol. The summed E-state index contributed by atoms with van der Waals surface area (Å²) in [6.07, 6.45) is 1.26. The van der Waals surface area contributed by atoms with Crippen molar-refractivity contribution < 1.29 is 0 Å². The molecule has 1 heteroatoms. The van der Waals surface area contributed by atoms with E-state index in [1.807, 2.05) is 13.8 Å². The molecular weight excluding hydrogens is 146 g/mol. The molecule has 0 radical (unpaired) electrons. The molecule has 76 valence electrons. The van der Waals surface area contributed by atoms with Gasteiger partial charge in [-0.3, -0.25) is 4.90 Å². The van der Waals surface area contributed by atoms with Gasteiger partial charge in [0.15, 0.2) is 0 Å². The fourth-order valence-corrected chi connectivity index (χ4v) is 1.42. The topological polar surface area (TPSA) is 3.24 Å². The third-order valence-corrected chi connectivity index (χ3v) is 2.19. The van der Waals surface area contributed by atoms with Crippen LogP contribution in [-0.2, 0) is 0 Å². The molecule has 0 aliphatic heterocycles. The SMILES string of the molecule is CC.CC[C@@H](C)N(CC)C(C)C. The van der Waals surface area contributed by atoms with E-state index in [9.17, 15) is 0 Å². The van der Waals surface area contributed by atoms with Crippen molar-refractivity contribution in [1.29, 1.82) is 0 Å². The van der Waals surface area contributed by atoms with Crippen molar-refractivity contribution in [3.05, 3.63) is 0 Å². The maximum absolute atomic E-state index is 2.51. The van der Waals surface area contributed by atoms with Crippen LogP contribution in [0.3, 0.4) is 0 Å². The minimum atomic E-state index is 0.694. The molecule has 12 heavy (non-hydrogen) atoms. The number of nitrogens with zero attached hydrogens (tertiary/aromatic N) is 1. The Kier molecular flexibility index (Phi) is 10.9. The van der Waals surface area contributed by atoms with Gasteiger partial charge in [0.1, 0.15) is 0 Å². The van der Waals surface area contributed by atoms with E-state index >= 15 is 0 Å². The Labute approximate surface area is 79.2 Å². The third kappa shape index (κ3) is 5.59. The summed E-state index contributed by atoms with van der Waals surface area (Å²) in [5, 5.41) is 0. The van der Waals surface area contributed by atoms with Gasteiger partial charge in [-0.25, -0.2) is 0 Å². The van der Waals surface area contributed by atoms with Crippen LogP contribution in [0.25, 0.3) is 0 Å². The van der Waals surface area contributed by atoms with Crippen molar-refractivity contribution in [3.8, 4) is 0 Å². The summed E-state index contributed by atoms with van der Waals surface area (Å²) in [5.41, 5.74) is 0. The van der Waals surface area contributed by atoms with Gasteiger partial charge in [-0.05, 0) is 33.7 Å². The molecule has 0 heterocycles. The van der Waals surface area contributed by atoms with Crippen LogP contribution in [0.5, 0.6) is 0 Å². The van der Waals surface area contributed by atoms with Gasteiger partial charge in [-0.15, -0.1) is 0 Å². The van der Waals surface area contributed by atoms with Crippen LogP contribution in [0.4, 0.5) is 0 Å². The number of rotatable bonds is 4. The van der Waals surface area contributed by atoms with Crippen LogP contribution < -0.4 is 0 Å². The lowest BCUT2D eigenvalue weighted by atomic mass is 10.2. The first-order valence-corrected chi connectivity index (χ1v) is 5.39. The molecule has 0 rings (SSSR count). The lowest BCUT2D eigenvalue weighted by Gasteiger charge is -2.30. The summed E-state index contributed by atoms with van der Waals surface area (Å²) in [4.78, 5) is 2.51. The molecule has 1 nitrogen and oxygen atoms in total. The molecule has 1 atom stereocenters. The van der Waals surface area contributed by atoms with E-state index in [0.717, 1.165) is 6.04 Å². The molecule has 0 aromatic carbocycles. The largest absolute Gasteiger partial charge is 0.299 e. The Hall–Kier alpha value is -0.0400. The zero-order valence-electron chi connectivity index (χ0n) is 10.0. The maximum Gasteiger partial charge on any atom is 0.00668 e. The first-order chi connectivity index (χ1) is 5.63. The molecular formula is C11H27N. The van der Waals surface area contributed by atoms with Gasteiger partial charge < -0.3 is 0 Å². The van der Waals surface area contributed by atoms with Crippen molar-refractivity contribution in [2.24, 2.45) is 0 Å². The van der Waals surface area contributed by atoms with Crippen LogP contribution in [0, 0.1) is 0 Å². The number of hydrogen-bond donors (Lipinski definition) is 0. The molecule has 0 aliphatic rings. The Bertz CT molecular complexity index is 79.1. The molecule has 0 saturated carbocycles. The highest BCUT2D eigenvalue weighted by molar-refractivity contribution is 4.67. The van der Waals surface area contributed by atoms with Crippen molar-refractivity contribution in [2.75, 3.05) is 6.54 Å². The van der Waals surface area contributed by atoms with E-state index in [4.69, 9.17) is 0 Å². The lowest BCUT2D eigenvalue weighted by molar-refractivity contribution is 0.169. The quantitative estimate of drug-likeness (QED) is 0.628. The molecule has 0 unspecified atom stereocenters. The average molecular weight is 173 g/mol. The van der Waals surface area contributed by atoms with Gasteiger partial charge in [0.05, 0.1) is 0 Å². The normalized spacial score (nSPS) is 12.8. The van der Waals surface area contributed by atoms with Crippen molar-refractivity contribution in [1.82, 2.24) is 4.90 Å². The monoisotopic (exact) mass is 173 g/mol. The molecule has 0 fully saturated rings. The van der Waals surface area contributed by atoms with Crippen molar-refractivity contribution >= 4 is 0 Å². The van der Waals surface area contributed by atoms with Gasteiger partial charge >= 0.3 is 0 Å². The summed E-state index contributed by atoms with van der Waals surface area (Å²) >= 11 is 0. The first-order valence-electron chi connectivity index (χ1n) is 5.39. The summed E-state index contributed by atoms with van der Waals surface area (Å²) in [7, 11) is 0. The summed E-state index contributed by atoms with van der Waals surface area (Å²) in [5.74, 6) is 0. The molecule has 0 N–H and O–H groups in total. The molecule has 0 bridgehead atoms. The Balaban J connectivity index is 0. The Morgan fingerprint density at radius 3 is 1.50 bits per heavy atom. The highest BCUT2D eigenvalue weighted by atomic mass is 15.2. The van der Waals surface area contributed by atoms with Crippen LogP contribution in [0.2, 0.25) is 0 Å². The smallest absolute Gasteiger partial charge is 0.00668 e. The second-order valence-electron chi connectivity index (χ2n) is 3.18. The Morgan fingerprint density at radius 1 is 1.00 bits per heavy atom. The van der Waals surface area contributed by atoms with Gasteiger partial charge in [-0.1, -0.05) is 27.7 Å². The van der Waals surface area contributed by atoms with E-state index in [0.29, 0.717) is 6.04 Å². The fraction of sp³-hybridized carbons (Fsp3) is 1.00. The van der Waals surface area contributed by atoms with E-state index in [1.54, 1.807) is 0 Å². The summed E-state index contributed by atoms with van der Waals surface area (Å²) < 4.78 is 0. The van der Waals surface area contributed by atoms with Crippen molar-refractivity contribution in [2.45, 2.75) is 67.0 Å². The molecule has 0 aromatic rings. The predicted octanol–water partition coefficient (Wildman–Crippen LogP) is 3.54. The minimum Gasteiger partial charge on any atom is -0.299 e. The second kappa shape index (κ2) is 9.05. The van der Waals surface area contributed by atoms with Crippen LogP contribution in [0.15, 0.2) is 0 Å². The third-order valence-electron chi connectivity index (χ3n) is 2.19. The average Bonchev–Trinajstić information content (AvgIpc) is 2.08. The zero-order valence-corrected chi connectivity index (χ0v) is 10.0. The Morgan fingerprint density at radius 2 is 1.42 bits per heavy atom. The van der Waals surface area contributed by atoms with E-state index in [1.165, 1.54) is 13.0 Å². The van der Waals surface area contributed by atoms with Gasteiger partial charge in [0, 0.05) is 12.1 Å². The summed E-state index contributed by atoms with van der Waals surface area (Å²) in [6.45, 7) is 16.5. The van der Waals surface area contributed by atoms with Crippen LogP contribution in [0.1, 0.15) is 54.9 Å². The minimum absolute atomic E-state index is 0.694. The van der Waals surface area contributed by atoms with E-state index < -0.39 is 0 Å². The molecule has 0 saturated heterocycles. The first kappa shape index (κ1) is 14.5. The number of hydrogen-bond acceptors (Lipinski definition) is 1. The molecule has 0 aliphatic carbocycles. The fourth-order valence-electron chi connectivity index (χ4n) is 1.42. The highest BCUT2D eigenvalue weighted by Crippen LogP contribution is 2.06. The summed E-state index contributed by atoms with van der Waals surface area (Å²) in [6, 6.07) is 1.44. The van der Waals surface area contributed by atoms with Gasteiger partial charge in [0.25, 0.3) is 0 Å².